The van der Waals surface area contributed by atoms with Crippen molar-refractivity contribution in [2.24, 2.45) is 7.05 Å². The number of halogens is 6. The van der Waals surface area contributed by atoms with Crippen LogP contribution in [0.15, 0.2) is 30.3 Å². The van der Waals surface area contributed by atoms with E-state index in [-0.39, 0.29) is 30.6 Å². The first kappa shape index (κ1) is 28.1. The van der Waals surface area contributed by atoms with Crippen LogP contribution in [0.25, 0.3) is 0 Å². The summed E-state index contributed by atoms with van der Waals surface area (Å²) < 4.78 is 86.5. The molecule has 0 N–H and O–H groups in total. The van der Waals surface area contributed by atoms with Crippen LogP contribution >= 0.6 is 0 Å². The zero-order valence-electron chi connectivity index (χ0n) is 21.4. The van der Waals surface area contributed by atoms with Gasteiger partial charge in [-0.2, -0.15) is 31.1 Å². The molecular weight excluding hydrogens is 532 g/mol. The highest BCUT2D eigenvalue weighted by Crippen LogP contribution is 2.42. The van der Waals surface area contributed by atoms with E-state index in [0.717, 1.165) is 4.80 Å². The van der Waals surface area contributed by atoms with Gasteiger partial charge in [0.1, 0.15) is 0 Å². The number of fused-ring (bicyclic) bond motifs is 1. The standard InChI is InChI=1S/C24H25F6N7O2/c1-5-39-22(38)37-14(3)8-19(20-18(37)7-6-13(2)31-20)36(21-32-34-35(4)33-21)12-15-9-16(23(25,26)27)11-17(10-15)24(28,29)30/h6-7,9-11,14,19H,5,8,12H2,1-4H3/t14-,19+/m1/s1. The molecule has 0 saturated carbocycles. The van der Waals surface area contributed by atoms with Crippen LogP contribution in [-0.2, 0) is 30.7 Å². The highest BCUT2D eigenvalue weighted by atomic mass is 19.4. The Labute approximate surface area is 219 Å². The predicted octanol–water partition coefficient (Wildman–Crippen LogP) is 5.45. The van der Waals surface area contributed by atoms with E-state index in [2.05, 4.69) is 20.4 Å². The molecule has 210 valence electrons. The Balaban J connectivity index is 1.86. The molecule has 3 heterocycles. The predicted molar refractivity (Wildman–Crippen MR) is 127 cm³/mol. The van der Waals surface area contributed by atoms with E-state index in [1.807, 2.05) is 0 Å². The minimum Gasteiger partial charge on any atom is -0.449 e. The van der Waals surface area contributed by atoms with Gasteiger partial charge in [0.2, 0.25) is 0 Å². The van der Waals surface area contributed by atoms with Crippen LogP contribution in [0.2, 0.25) is 0 Å². The minimum atomic E-state index is -5.00. The largest absolute Gasteiger partial charge is 0.449 e. The SMILES string of the molecule is CCOC(=O)N1c2ccc(C)nc2[C@@H](N(Cc2cc(C(F)(F)F)cc(C(F)(F)F)c2)c2nnn(C)n2)C[C@H]1C. The molecule has 2 atom stereocenters. The molecule has 1 amide bonds. The Morgan fingerprint density at radius 2 is 1.74 bits per heavy atom. The molecule has 39 heavy (non-hydrogen) atoms. The van der Waals surface area contributed by atoms with Gasteiger partial charge in [0, 0.05) is 18.3 Å². The Morgan fingerprint density at radius 3 is 2.28 bits per heavy atom. The van der Waals surface area contributed by atoms with E-state index in [9.17, 15) is 31.1 Å². The second-order valence-corrected chi connectivity index (χ2v) is 9.15. The van der Waals surface area contributed by atoms with Gasteiger partial charge >= 0.3 is 18.4 Å². The maximum absolute atomic E-state index is 13.6. The van der Waals surface area contributed by atoms with E-state index < -0.39 is 48.2 Å². The number of anilines is 2. The molecule has 15 heteroatoms. The Kier molecular flexibility index (Phi) is 7.45. The van der Waals surface area contributed by atoms with Crippen LogP contribution in [0.5, 0.6) is 0 Å². The zero-order valence-corrected chi connectivity index (χ0v) is 21.4. The van der Waals surface area contributed by atoms with Gasteiger partial charge in [-0.25, -0.2) is 4.79 Å². The van der Waals surface area contributed by atoms with Crippen molar-refractivity contribution in [1.29, 1.82) is 0 Å². The van der Waals surface area contributed by atoms with Crippen molar-refractivity contribution in [1.82, 2.24) is 25.2 Å². The number of aromatic nitrogens is 5. The highest BCUT2D eigenvalue weighted by molar-refractivity contribution is 5.90. The van der Waals surface area contributed by atoms with Gasteiger partial charge in [-0.1, -0.05) is 5.10 Å². The van der Waals surface area contributed by atoms with Crippen molar-refractivity contribution < 1.29 is 35.9 Å². The Hall–Kier alpha value is -3.91. The Bertz CT molecular complexity index is 1330. The van der Waals surface area contributed by atoms with E-state index in [4.69, 9.17) is 4.74 Å². The lowest BCUT2D eigenvalue weighted by Gasteiger charge is -2.42. The van der Waals surface area contributed by atoms with Crippen LogP contribution in [0.3, 0.4) is 0 Å². The second-order valence-electron chi connectivity index (χ2n) is 9.15. The average Bonchev–Trinajstić information content (AvgIpc) is 3.27. The van der Waals surface area contributed by atoms with Crippen molar-refractivity contribution in [3.8, 4) is 0 Å². The number of aryl methyl sites for hydroxylation is 2. The molecule has 1 aliphatic rings. The molecule has 0 aliphatic carbocycles. The second kappa shape index (κ2) is 10.3. The van der Waals surface area contributed by atoms with Crippen molar-refractivity contribution in [2.75, 3.05) is 16.4 Å². The summed E-state index contributed by atoms with van der Waals surface area (Å²) in [6.45, 7) is 4.84. The van der Waals surface area contributed by atoms with E-state index in [1.54, 1.807) is 32.9 Å². The maximum Gasteiger partial charge on any atom is 0.416 e. The summed E-state index contributed by atoms with van der Waals surface area (Å²) in [5.41, 5.74) is -1.77. The van der Waals surface area contributed by atoms with Gasteiger partial charge < -0.3 is 9.64 Å². The molecular formula is C24H25F6N7O2. The van der Waals surface area contributed by atoms with Crippen molar-refractivity contribution in [2.45, 2.75) is 58.2 Å². The molecule has 0 radical (unpaired) electrons. The van der Waals surface area contributed by atoms with E-state index in [1.165, 1.54) is 16.8 Å². The lowest BCUT2D eigenvalue weighted by molar-refractivity contribution is -0.143. The van der Waals surface area contributed by atoms with E-state index >= 15 is 0 Å². The fraction of sp³-hybridized carbons (Fsp3) is 0.458. The number of nitrogens with zero attached hydrogens (tertiary/aromatic N) is 7. The zero-order chi connectivity index (χ0) is 28.7. The van der Waals surface area contributed by atoms with Crippen LogP contribution in [0, 0.1) is 6.92 Å². The normalized spacial score (nSPS) is 17.6. The first-order valence-corrected chi connectivity index (χ1v) is 11.9. The molecule has 0 bridgehead atoms. The summed E-state index contributed by atoms with van der Waals surface area (Å²) in [4.78, 5) is 21.4. The van der Waals surface area contributed by atoms with Crippen molar-refractivity contribution >= 4 is 17.7 Å². The summed E-state index contributed by atoms with van der Waals surface area (Å²) in [6.07, 6.45) is -10.4. The quantitative estimate of drug-likeness (QED) is 0.385. The lowest BCUT2D eigenvalue weighted by Crippen LogP contribution is -2.47. The first-order valence-electron chi connectivity index (χ1n) is 11.9. The van der Waals surface area contributed by atoms with Gasteiger partial charge in [-0.3, -0.25) is 9.88 Å². The van der Waals surface area contributed by atoms with Gasteiger partial charge in [0.05, 0.1) is 42.2 Å². The smallest absolute Gasteiger partial charge is 0.416 e. The third-order valence-electron chi connectivity index (χ3n) is 6.22. The summed E-state index contributed by atoms with van der Waals surface area (Å²) in [5, 5.41) is 12.0. The fourth-order valence-electron chi connectivity index (χ4n) is 4.56. The third-order valence-corrected chi connectivity index (χ3v) is 6.22. The number of pyridine rings is 1. The molecule has 0 spiro atoms. The average molecular weight is 557 g/mol. The number of ether oxygens (including phenoxy) is 1. The van der Waals surface area contributed by atoms with Crippen LogP contribution in [0.4, 0.5) is 42.8 Å². The molecule has 1 aromatic carbocycles. The summed E-state index contributed by atoms with van der Waals surface area (Å²) >= 11 is 0. The Morgan fingerprint density at radius 1 is 1.10 bits per heavy atom. The molecule has 3 aromatic rings. The van der Waals surface area contributed by atoms with Gasteiger partial charge in [0.25, 0.3) is 5.95 Å². The first-order chi connectivity index (χ1) is 18.2. The molecule has 9 nitrogen and oxygen atoms in total. The molecule has 0 saturated heterocycles. The van der Waals surface area contributed by atoms with Crippen LogP contribution < -0.4 is 9.80 Å². The summed E-state index contributed by atoms with van der Waals surface area (Å²) in [6, 6.07) is 3.57. The number of carbonyl (C=O) groups excluding carboxylic acids is 1. The van der Waals surface area contributed by atoms with Gasteiger partial charge in [0.15, 0.2) is 0 Å². The number of tetrazole rings is 1. The third kappa shape index (κ3) is 5.91. The number of carbonyl (C=O) groups is 1. The topological polar surface area (TPSA) is 89.3 Å². The number of hydrogen-bond acceptors (Lipinski definition) is 7. The molecule has 4 rings (SSSR count). The lowest BCUT2D eigenvalue weighted by atomic mass is 9.94. The molecule has 2 aromatic heterocycles. The number of rotatable bonds is 5. The number of amides is 1. The fourth-order valence-corrected chi connectivity index (χ4v) is 4.56. The molecule has 0 unspecified atom stereocenters. The monoisotopic (exact) mass is 557 g/mol. The van der Waals surface area contributed by atoms with Crippen LogP contribution in [-0.4, -0.2) is 43.9 Å². The van der Waals surface area contributed by atoms with E-state index in [0.29, 0.717) is 29.2 Å². The number of benzene rings is 1. The molecule has 1 aliphatic heterocycles. The van der Waals surface area contributed by atoms with Crippen LogP contribution in [0.1, 0.15) is 54.4 Å². The molecule has 0 fully saturated rings. The number of hydrogen-bond donors (Lipinski definition) is 0. The maximum atomic E-state index is 13.6. The number of alkyl halides is 6. The highest BCUT2D eigenvalue weighted by Gasteiger charge is 2.41. The van der Waals surface area contributed by atoms with Crippen molar-refractivity contribution in [3.05, 3.63) is 58.4 Å². The summed E-state index contributed by atoms with van der Waals surface area (Å²) in [5.74, 6) is -0.0282. The minimum absolute atomic E-state index is 0.0282. The summed E-state index contributed by atoms with van der Waals surface area (Å²) in [7, 11) is 1.48. The van der Waals surface area contributed by atoms with Gasteiger partial charge in [-0.15, -0.1) is 5.10 Å². The van der Waals surface area contributed by atoms with Crippen molar-refractivity contribution in [3.63, 3.8) is 0 Å². The van der Waals surface area contributed by atoms with Gasteiger partial charge in [-0.05, 0) is 68.3 Å².